The van der Waals surface area contributed by atoms with Crippen LogP contribution in [0.15, 0.2) is 36.4 Å². The average molecular weight is 407 g/mol. The van der Waals surface area contributed by atoms with Crippen molar-refractivity contribution in [3.05, 3.63) is 61.1 Å². The third kappa shape index (κ3) is 3.22. The number of hydrogen-bond acceptors (Lipinski definition) is 2. The Kier molecular flexibility index (Phi) is 4.71. The molecule has 0 amide bonds. The van der Waals surface area contributed by atoms with Crippen LogP contribution in [0, 0.1) is 3.57 Å². The normalized spacial score (nSPS) is 10.3. The third-order valence-corrected chi connectivity index (χ3v) is 4.07. The van der Waals surface area contributed by atoms with E-state index in [9.17, 15) is 4.79 Å². The molecule has 2 aromatic rings. The number of benzene rings is 2. The van der Waals surface area contributed by atoms with Gasteiger partial charge in [-0.3, -0.25) is 4.79 Å². The highest BCUT2D eigenvalue weighted by molar-refractivity contribution is 14.1. The molecule has 5 heteroatoms. The number of ether oxygens (including phenoxy) is 1. The monoisotopic (exact) mass is 406 g/mol. The van der Waals surface area contributed by atoms with Gasteiger partial charge in [-0.15, -0.1) is 0 Å². The summed E-state index contributed by atoms with van der Waals surface area (Å²) in [6.45, 7) is 0. The van der Waals surface area contributed by atoms with Crippen molar-refractivity contribution in [2.45, 2.75) is 0 Å². The van der Waals surface area contributed by atoms with Gasteiger partial charge in [0.2, 0.25) is 0 Å². The van der Waals surface area contributed by atoms with E-state index in [0.29, 0.717) is 26.9 Å². The molecule has 2 aromatic carbocycles. The summed E-state index contributed by atoms with van der Waals surface area (Å²) in [5.41, 5.74) is 1.08. The molecular weight excluding hydrogens is 398 g/mol. The zero-order valence-corrected chi connectivity index (χ0v) is 13.6. The Morgan fingerprint density at radius 2 is 1.89 bits per heavy atom. The largest absolute Gasteiger partial charge is 0.495 e. The second kappa shape index (κ2) is 6.11. The van der Waals surface area contributed by atoms with Gasteiger partial charge in [0, 0.05) is 19.7 Å². The summed E-state index contributed by atoms with van der Waals surface area (Å²) in [5.74, 6) is 0.367. The maximum Gasteiger partial charge on any atom is 0.194 e. The van der Waals surface area contributed by atoms with Gasteiger partial charge in [0.25, 0.3) is 0 Å². The van der Waals surface area contributed by atoms with Crippen LogP contribution in [0.25, 0.3) is 0 Å². The number of carbonyl (C=O) groups is 1. The van der Waals surface area contributed by atoms with Crippen molar-refractivity contribution in [1.29, 1.82) is 0 Å². The smallest absolute Gasteiger partial charge is 0.194 e. The minimum atomic E-state index is -0.109. The molecule has 0 aliphatic heterocycles. The molecule has 0 fully saturated rings. The topological polar surface area (TPSA) is 26.3 Å². The maximum absolute atomic E-state index is 12.4. The molecule has 19 heavy (non-hydrogen) atoms. The van der Waals surface area contributed by atoms with Gasteiger partial charge in [0.1, 0.15) is 5.75 Å². The van der Waals surface area contributed by atoms with Gasteiger partial charge in [0.15, 0.2) is 5.78 Å². The predicted molar refractivity (Wildman–Crippen MR) is 85.6 cm³/mol. The quantitative estimate of drug-likeness (QED) is 0.538. The van der Waals surface area contributed by atoms with Gasteiger partial charge in [-0.25, -0.2) is 0 Å². The molecule has 0 saturated carbocycles. The zero-order chi connectivity index (χ0) is 14.0. The van der Waals surface area contributed by atoms with Crippen molar-refractivity contribution in [2.75, 3.05) is 7.11 Å². The summed E-state index contributed by atoms with van der Waals surface area (Å²) in [6, 6.07) is 10.2. The van der Waals surface area contributed by atoms with Crippen LogP contribution in [0.3, 0.4) is 0 Å². The van der Waals surface area contributed by atoms with Gasteiger partial charge < -0.3 is 4.74 Å². The van der Waals surface area contributed by atoms with Gasteiger partial charge in [-0.2, -0.15) is 0 Å². The summed E-state index contributed by atoms with van der Waals surface area (Å²) < 4.78 is 5.96. The van der Waals surface area contributed by atoms with E-state index in [-0.39, 0.29) is 5.78 Å². The van der Waals surface area contributed by atoms with Crippen LogP contribution in [-0.4, -0.2) is 12.9 Å². The van der Waals surface area contributed by atoms with Crippen molar-refractivity contribution in [1.82, 2.24) is 0 Å². The lowest BCUT2D eigenvalue weighted by Crippen LogP contribution is -2.04. The Bertz CT molecular complexity index is 641. The van der Waals surface area contributed by atoms with Crippen LogP contribution in [0.2, 0.25) is 10.0 Å². The van der Waals surface area contributed by atoms with Crippen LogP contribution >= 0.6 is 45.8 Å². The first-order valence-electron chi connectivity index (χ1n) is 5.36. The lowest BCUT2D eigenvalue weighted by Gasteiger charge is -2.07. The number of hydrogen-bond donors (Lipinski definition) is 0. The first-order chi connectivity index (χ1) is 9.02. The highest BCUT2D eigenvalue weighted by Crippen LogP contribution is 2.27. The first kappa shape index (κ1) is 14.6. The number of carbonyl (C=O) groups excluding carboxylic acids is 1. The molecule has 0 spiro atoms. The number of halogens is 3. The molecule has 0 atom stereocenters. The number of methoxy groups -OCH3 is 1. The minimum absolute atomic E-state index is 0.109. The molecule has 0 aromatic heterocycles. The molecule has 0 bridgehead atoms. The fraction of sp³-hybridized carbons (Fsp3) is 0.0714. The molecule has 2 rings (SSSR count). The van der Waals surface area contributed by atoms with Crippen LogP contribution < -0.4 is 4.74 Å². The molecule has 0 unspecified atom stereocenters. The molecule has 0 heterocycles. The molecule has 0 aliphatic carbocycles. The molecule has 0 radical (unpaired) electrons. The average Bonchev–Trinajstić information content (AvgIpc) is 2.41. The van der Waals surface area contributed by atoms with Crippen molar-refractivity contribution < 1.29 is 9.53 Å². The molecule has 0 N–H and O–H groups in total. The SMILES string of the molecule is COc1cc(C(=O)c2cc(Cl)ccc2I)ccc1Cl. The Labute approximate surface area is 134 Å². The number of ketones is 1. The third-order valence-electron chi connectivity index (χ3n) is 2.59. The second-order valence-corrected chi connectivity index (χ2v) is 5.81. The van der Waals surface area contributed by atoms with Gasteiger partial charge in [-0.1, -0.05) is 23.2 Å². The molecule has 98 valence electrons. The van der Waals surface area contributed by atoms with Crippen molar-refractivity contribution >= 4 is 51.6 Å². The standard InChI is InChI=1S/C14H9Cl2IO2/c1-19-13-6-8(2-4-11(13)16)14(18)10-7-9(15)3-5-12(10)17/h2-7H,1H3. The first-order valence-corrected chi connectivity index (χ1v) is 7.19. The molecular formula is C14H9Cl2IO2. The highest BCUT2D eigenvalue weighted by Gasteiger charge is 2.15. The predicted octanol–water partition coefficient (Wildman–Crippen LogP) is 4.84. The van der Waals surface area contributed by atoms with E-state index in [1.807, 2.05) is 6.07 Å². The summed E-state index contributed by atoms with van der Waals surface area (Å²) in [4.78, 5) is 12.4. The summed E-state index contributed by atoms with van der Waals surface area (Å²) >= 11 is 14.0. The summed E-state index contributed by atoms with van der Waals surface area (Å²) in [5, 5.41) is 1.00. The minimum Gasteiger partial charge on any atom is -0.495 e. The Morgan fingerprint density at radius 1 is 1.16 bits per heavy atom. The van der Waals surface area contributed by atoms with E-state index in [1.165, 1.54) is 7.11 Å². The van der Waals surface area contributed by atoms with Crippen molar-refractivity contribution in [2.24, 2.45) is 0 Å². The van der Waals surface area contributed by atoms with E-state index < -0.39 is 0 Å². The van der Waals surface area contributed by atoms with Gasteiger partial charge in [-0.05, 0) is 59.0 Å². The summed E-state index contributed by atoms with van der Waals surface area (Å²) in [6.07, 6.45) is 0. The molecule has 0 saturated heterocycles. The Hall–Kier alpha value is -0.780. The van der Waals surface area contributed by atoms with Crippen molar-refractivity contribution in [3.63, 3.8) is 0 Å². The van der Waals surface area contributed by atoms with E-state index in [1.54, 1.807) is 30.3 Å². The van der Waals surface area contributed by atoms with Crippen LogP contribution in [-0.2, 0) is 0 Å². The van der Waals surface area contributed by atoms with E-state index in [4.69, 9.17) is 27.9 Å². The Balaban J connectivity index is 2.47. The fourth-order valence-corrected chi connectivity index (χ4v) is 2.58. The zero-order valence-electron chi connectivity index (χ0n) is 9.91. The highest BCUT2D eigenvalue weighted by atomic mass is 127. The van der Waals surface area contributed by atoms with Gasteiger partial charge >= 0.3 is 0 Å². The summed E-state index contributed by atoms with van der Waals surface area (Å²) in [7, 11) is 1.51. The van der Waals surface area contributed by atoms with E-state index in [0.717, 1.165) is 3.57 Å². The number of rotatable bonds is 3. The van der Waals surface area contributed by atoms with Crippen LogP contribution in [0.4, 0.5) is 0 Å². The Morgan fingerprint density at radius 3 is 2.58 bits per heavy atom. The maximum atomic E-state index is 12.4. The lowest BCUT2D eigenvalue weighted by molar-refractivity contribution is 0.103. The van der Waals surface area contributed by atoms with Crippen LogP contribution in [0.5, 0.6) is 5.75 Å². The van der Waals surface area contributed by atoms with E-state index in [2.05, 4.69) is 22.6 Å². The molecule has 0 aliphatic rings. The lowest BCUT2D eigenvalue weighted by atomic mass is 10.0. The second-order valence-electron chi connectivity index (χ2n) is 3.80. The van der Waals surface area contributed by atoms with Crippen molar-refractivity contribution in [3.8, 4) is 5.75 Å². The van der Waals surface area contributed by atoms with Gasteiger partial charge in [0.05, 0.1) is 12.1 Å². The molecule has 2 nitrogen and oxygen atoms in total. The van der Waals surface area contributed by atoms with E-state index >= 15 is 0 Å². The fourth-order valence-electron chi connectivity index (χ4n) is 1.63. The van der Waals surface area contributed by atoms with Crippen LogP contribution in [0.1, 0.15) is 15.9 Å².